The second kappa shape index (κ2) is 9.72. The topological polar surface area (TPSA) is 108 Å². The molecular formula is C19H26N4O5. The highest BCUT2D eigenvalue weighted by molar-refractivity contribution is 5.98. The van der Waals surface area contributed by atoms with Crippen molar-refractivity contribution in [2.45, 2.75) is 12.8 Å². The van der Waals surface area contributed by atoms with Crippen LogP contribution in [0.2, 0.25) is 0 Å². The van der Waals surface area contributed by atoms with Crippen LogP contribution in [-0.2, 0) is 14.3 Å². The van der Waals surface area contributed by atoms with Crippen molar-refractivity contribution < 1.29 is 23.9 Å². The minimum atomic E-state index is -0.545. The summed E-state index contributed by atoms with van der Waals surface area (Å²) in [6.07, 6.45) is 1.18. The zero-order valence-electron chi connectivity index (χ0n) is 16.4. The molecule has 1 aromatic rings. The van der Waals surface area contributed by atoms with Crippen molar-refractivity contribution >= 4 is 29.5 Å². The van der Waals surface area contributed by atoms with Crippen LogP contribution in [0.3, 0.4) is 0 Å². The molecule has 2 N–H and O–H groups in total. The molecule has 0 atom stereocenters. The van der Waals surface area contributed by atoms with Gasteiger partial charge in [0.25, 0.3) is 5.91 Å². The molecule has 0 unspecified atom stereocenters. The van der Waals surface area contributed by atoms with E-state index in [1.54, 1.807) is 43.3 Å². The predicted octanol–water partition coefficient (Wildman–Crippen LogP) is 0.922. The third kappa shape index (κ3) is 5.70. The summed E-state index contributed by atoms with van der Waals surface area (Å²) in [6.45, 7) is 0.840. The predicted molar refractivity (Wildman–Crippen MR) is 103 cm³/mol. The molecule has 9 heteroatoms. The summed E-state index contributed by atoms with van der Waals surface area (Å²) < 4.78 is 4.48. The number of rotatable bonds is 5. The van der Waals surface area contributed by atoms with E-state index in [0.29, 0.717) is 37.2 Å². The van der Waals surface area contributed by atoms with Crippen LogP contribution in [0.4, 0.5) is 10.5 Å². The van der Waals surface area contributed by atoms with Gasteiger partial charge in [0, 0.05) is 44.4 Å². The van der Waals surface area contributed by atoms with Gasteiger partial charge in [-0.2, -0.15) is 0 Å². The number of nitrogens with zero attached hydrogens (tertiary/aromatic N) is 2. The summed E-state index contributed by atoms with van der Waals surface area (Å²) in [4.78, 5) is 51.0. The van der Waals surface area contributed by atoms with Crippen LogP contribution < -0.4 is 10.6 Å². The molecule has 1 saturated heterocycles. The number of carbonyl (C=O) groups excluding carboxylic acids is 4. The fourth-order valence-electron chi connectivity index (χ4n) is 2.92. The van der Waals surface area contributed by atoms with E-state index in [0.717, 1.165) is 0 Å². The van der Waals surface area contributed by atoms with Crippen molar-refractivity contribution in [1.29, 1.82) is 0 Å². The second-order valence-corrected chi connectivity index (χ2v) is 6.77. The van der Waals surface area contributed by atoms with E-state index in [4.69, 9.17) is 0 Å². The van der Waals surface area contributed by atoms with Gasteiger partial charge in [0.05, 0.1) is 7.11 Å². The van der Waals surface area contributed by atoms with Gasteiger partial charge < -0.3 is 25.2 Å². The Kier molecular flexibility index (Phi) is 7.36. The van der Waals surface area contributed by atoms with E-state index in [1.807, 2.05) is 0 Å². The summed E-state index contributed by atoms with van der Waals surface area (Å²) in [6, 6.07) is 6.44. The van der Waals surface area contributed by atoms with Gasteiger partial charge in [-0.1, -0.05) is 6.07 Å². The molecule has 0 aliphatic carbocycles. The fourth-order valence-corrected chi connectivity index (χ4v) is 2.92. The maximum absolute atomic E-state index is 12.5. The lowest BCUT2D eigenvalue weighted by Crippen LogP contribution is -2.45. The number of hydrogen-bond donors (Lipinski definition) is 2. The lowest BCUT2D eigenvalue weighted by atomic mass is 9.96. The molecule has 1 aromatic carbocycles. The molecule has 0 aromatic heterocycles. The first-order chi connectivity index (χ1) is 13.3. The molecule has 9 nitrogen and oxygen atoms in total. The number of benzene rings is 1. The van der Waals surface area contributed by atoms with Crippen molar-refractivity contribution in [3.05, 3.63) is 29.8 Å². The van der Waals surface area contributed by atoms with Crippen LogP contribution in [-0.4, -0.2) is 74.5 Å². The Labute approximate surface area is 164 Å². The number of likely N-dealkylation sites (tertiary alicyclic amines) is 1. The van der Waals surface area contributed by atoms with Gasteiger partial charge in [0.2, 0.25) is 5.91 Å². The quantitative estimate of drug-likeness (QED) is 0.727. The molecule has 0 bridgehead atoms. The molecular weight excluding hydrogens is 364 g/mol. The monoisotopic (exact) mass is 390 g/mol. The summed E-state index contributed by atoms with van der Waals surface area (Å²) in [5.74, 6) is -1.30. The molecule has 1 heterocycles. The summed E-state index contributed by atoms with van der Waals surface area (Å²) >= 11 is 0. The lowest BCUT2D eigenvalue weighted by Gasteiger charge is -2.33. The number of amides is 4. The third-order valence-electron chi connectivity index (χ3n) is 4.53. The Morgan fingerprint density at radius 3 is 2.46 bits per heavy atom. The zero-order valence-corrected chi connectivity index (χ0v) is 16.4. The molecule has 4 amide bonds. The van der Waals surface area contributed by atoms with Crippen LogP contribution >= 0.6 is 0 Å². The maximum Gasteiger partial charge on any atom is 0.325 e. The molecule has 28 heavy (non-hydrogen) atoms. The van der Waals surface area contributed by atoms with E-state index >= 15 is 0 Å². The first-order valence-electron chi connectivity index (χ1n) is 9.04. The van der Waals surface area contributed by atoms with Gasteiger partial charge >= 0.3 is 12.0 Å². The van der Waals surface area contributed by atoms with Crippen LogP contribution in [0.5, 0.6) is 0 Å². The van der Waals surface area contributed by atoms with Gasteiger partial charge in [-0.05, 0) is 31.0 Å². The number of ether oxygens (including phenoxy) is 1. The zero-order chi connectivity index (χ0) is 20.7. The maximum atomic E-state index is 12.5. The fraction of sp³-hybridized carbons (Fsp3) is 0.474. The van der Waals surface area contributed by atoms with Gasteiger partial charge in [-0.25, -0.2) is 4.79 Å². The van der Waals surface area contributed by atoms with Crippen LogP contribution in [0.1, 0.15) is 23.2 Å². The van der Waals surface area contributed by atoms with Crippen molar-refractivity contribution in [1.82, 2.24) is 15.1 Å². The number of hydrogen-bond acceptors (Lipinski definition) is 5. The number of carbonyl (C=O) groups is 4. The van der Waals surface area contributed by atoms with Crippen molar-refractivity contribution in [3.63, 3.8) is 0 Å². The Balaban J connectivity index is 1.90. The summed E-state index contributed by atoms with van der Waals surface area (Å²) in [7, 11) is 4.65. The van der Waals surface area contributed by atoms with E-state index in [-0.39, 0.29) is 24.4 Å². The Morgan fingerprint density at radius 1 is 1.18 bits per heavy atom. The Bertz CT molecular complexity index is 742. The average Bonchev–Trinajstić information content (AvgIpc) is 2.71. The molecule has 152 valence electrons. The SMILES string of the molecule is COC(=O)CNC(=O)c1cccc(NC(=O)C2CCN(C(=O)N(C)C)CC2)c1. The highest BCUT2D eigenvalue weighted by Gasteiger charge is 2.28. The second-order valence-electron chi connectivity index (χ2n) is 6.77. The van der Waals surface area contributed by atoms with Crippen LogP contribution in [0, 0.1) is 5.92 Å². The lowest BCUT2D eigenvalue weighted by molar-refractivity contribution is -0.139. The minimum absolute atomic E-state index is 0.0514. The van der Waals surface area contributed by atoms with Crippen molar-refractivity contribution in [2.24, 2.45) is 5.92 Å². The number of nitrogens with one attached hydrogen (secondary N) is 2. The van der Waals surface area contributed by atoms with E-state index in [9.17, 15) is 19.2 Å². The van der Waals surface area contributed by atoms with E-state index in [1.165, 1.54) is 12.0 Å². The number of esters is 1. The van der Waals surface area contributed by atoms with Gasteiger partial charge in [0.1, 0.15) is 6.54 Å². The first kappa shape index (κ1) is 21.2. The van der Waals surface area contributed by atoms with Gasteiger partial charge in [0.15, 0.2) is 0 Å². The highest BCUT2D eigenvalue weighted by atomic mass is 16.5. The van der Waals surface area contributed by atoms with Crippen molar-refractivity contribution in [2.75, 3.05) is 46.2 Å². The van der Waals surface area contributed by atoms with E-state index in [2.05, 4.69) is 15.4 Å². The summed E-state index contributed by atoms with van der Waals surface area (Å²) in [5, 5.41) is 5.28. The molecule has 1 fully saturated rings. The van der Waals surface area contributed by atoms with Crippen LogP contribution in [0.15, 0.2) is 24.3 Å². The Hall–Kier alpha value is -3.10. The number of anilines is 1. The normalized spacial score (nSPS) is 14.2. The first-order valence-corrected chi connectivity index (χ1v) is 9.04. The van der Waals surface area contributed by atoms with Gasteiger partial charge in [-0.3, -0.25) is 14.4 Å². The van der Waals surface area contributed by atoms with Crippen LogP contribution in [0.25, 0.3) is 0 Å². The number of urea groups is 1. The van der Waals surface area contributed by atoms with E-state index < -0.39 is 11.9 Å². The third-order valence-corrected chi connectivity index (χ3v) is 4.53. The molecule has 2 rings (SSSR count). The number of piperidine rings is 1. The molecule has 0 saturated carbocycles. The molecule has 1 aliphatic heterocycles. The largest absolute Gasteiger partial charge is 0.468 e. The smallest absolute Gasteiger partial charge is 0.325 e. The average molecular weight is 390 g/mol. The molecule has 0 radical (unpaired) electrons. The molecule has 0 spiro atoms. The molecule has 1 aliphatic rings. The summed E-state index contributed by atoms with van der Waals surface area (Å²) in [5.41, 5.74) is 0.829. The minimum Gasteiger partial charge on any atom is -0.468 e. The highest BCUT2D eigenvalue weighted by Crippen LogP contribution is 2.20. The van der Waals surface area contributed by atoms with Gasteiger partial charge in [-0.15, -0.1) is 0 Å². The Morgan fingerprint density at radius 2 is 1.86 bits per heavy atom. The standard InChI is InChI=1S/C19H26N4O5/c1-22(2)19(27)23-9-7-13(8-10-23)18(26)21-15-6-4-5-14(11-15)17(25)20-12-16(24)28-3/h4-6,11,13H,7-10,12H2,1-3H3,(H,20,25)(H,21,26). The number of methoxy groups -OCH3 is 1. The van der Waals surface area contributed by atoms with Crippen molar-refractivity contribution in [3.8, 4) is 0 Å².